The summed E-state index contributed by atoms with van der Waals surface area (Å²) in [6.45, 7) is 4.31. The maximum atomic E-state index is 13.6. The van der Waals surface area contributed by atoms with Crippen LogP contribution in [0.15, 0.2) is 0 Å². The van der Waals surface area contributed by atoms with Crippen LogP contribution in [0.25, 0.3) is 0 Å². The third-order valence-corrected chi connectivity index (χ3v) is 11.0. The Bertz CT molecular complexity index is 1330. The third-order valence-electron chi connectivity index (χ3n) is 11.0. The first-order valence-electron chi connectivity index (χ1n) is 23.7. The number of carbonyl (C=O) groups is 7. The first-order valence-corrected chi connectivity index (χ1v) is 23.7. The van der Waals surface area contributed by atoms with E-state index in [1.807, 2.05) is 0 Å². The molecule has 0 rings (SSSR count). The Balaban J connectivity index is 5.38. The van der Waals surface area contributed by atoms with Gasteiger partial charge in [-0.3, -0.25) is 33.6 Å². The summed E-state index contributed by atoms with van der Waals surface area (Å²) in [6.07, 6.45) is 11.5. The van der Waals surface area contributed by atoms with Crippen molar-refractivity contribution in [2.75, 3.05) is 45.8 Å². The van der Waals surface area contributed by atoms with Gasteiger partial charge in [0.25, 0.3) is 0 Å². The average Bonchev–Trinajstić information content (AvgIpc) is 3.26. The van der Waals surface area contributed by atoms with Crippen molar-refractivity contribution in [3.05, 3.63) is 0 Å². The van der Waals surface area contributed by atoms with Crippen LogP contribution in [0.2, 0.25) is 0 Å². The van der Waals surface area contributed by atoms with Crippen LogP contribution in [-0.2, 0) is 33.6 Å². The first-order chi connectivity index (χ1) is 30.6. The minimum Gasteiger partial charge on any atom is -0.355 e. The highest BCUT2D eigenvalue weighted by Crippen LogP contribution is 2.09. The normalized spacial score (nSPS) is 14.5. The van der Waals surface area contributed by atoms with E-state index in [2.05, 4.69) is 31.9 Å². The SMILES string of the molecule is CC(=O)C(CCCCNC(=O)C(CCCCNC(=O)C(N)CCCCN)NC(=O)C(N)CCCCN)NC(=O)C(CCCCNC(=O)C(N)CCCCN)NC(=O)C(N)CCCCN. The van der Waals surface area contributed by atoms with E-state index in [4.69, 9.17) is 45.9 Å². The molecule has 0 fully saturated rings. The molecule has 0 radical (unpaired) electrons. The van der Waals surface area contributed by atoms with E-state index in [0.29, 0.717) is 129 Å². The number of Topliss-reactive ketones (excluding diaryl/α,β-unsaturated/α-hetero) is 1. The highest BCUT2D eigenvalue weighted by molar-refractivity contribution is 5.93. The van der Waals surface area contributed by atoms with Gasteiger partial charge in [-0.1, -0.05) is 25.7 Å². The van der Waals surface area contributed by atoms with Gasteiger partial charge in [0.2, 0.25) is 35.4 Å². The number of nitrogens with one attached hydrogen (secondary N) is 6. The molecule has 7 unspecified atom stereocenters. The Kier molecular flexibility index (Phi) is 36.1. The molecule has 0 aliphatic rings. The maximum Gasteiger partial charge on any atom is 0.243 e. The predicted octanol–water partition coefficient (Wildman–Crippen LogP) is -2.29. The van der Waals surface area contributed by atoms with E-state index in [1.54, 1.807) is 0 Å². The minimum absolute atomic E-state index is 0.233. The highest BCUT2D eigenvalue weighted by atomic mass is 16.2. The molecule has 0 aliphatic carbocycles. The molecule has 21 heteroatoms. The lowest BCUT2D eigenvalue weighted by Crippen LogP contribution is -2.54. The van der Waals surface area contributed by atoms with Crippen molar-refractivity contribution in [3.63, 3.8) is 0 Å². The van der Waals surface area contributed by atoms with E-state index >= 15 is 0 Å². The Hall–Kier alpha value is -3.83. The van der Waals surface area contributed by atoms with Crippen LogP contribution < -0.4 is 77.8 Å². The van der Waals surface area contributed by atoms with Crippen molar-refractivity contribution in [2.45, 2.75) is 184 Å². The van der Waals surface area contributed by atoms with Gasteiger partial charge in [-0.25, -0.2) is 0 Å². The van der Waals surface area contributed by atoms with E-state index in [1.165, 1.54) is 6.92 Å². The van der Waals surface area contributed by atoms with Crippen molar-refractivity contribution in [1.82, 2.24) is 31.9 Å². The number of hydrogen-bond donors (Lipinski definition) is 14. The molecule has 21 nitrogen and oxygen atoms in total. The lowest BCUT2D eigenvalue weighted by molar-refractivity contribution is -0.131. The summed E-state index contributed by atoms with van der Waals surface area (Å²) in [7, 11) is 0. The minimum atomic E-state index is -0.982. The molecule has 0 heterocycles. The van der Waals surface area contributed by atoms with Gasteiger partial charge in [-0.05, 0) is 142 Å². The number of nitrogens with two attached hydrogens (primary N) is 8. The van der Waals surface area contributed by atoms with Crippen molar-refractivity contribution < 1.29 is 33.6 Å². The molecule has 22 N–H and O–H groups in total. The second-order valence-corrected chi connectivity index (χ2v) is 16.7. The van der Waals surface area contributed by atoms with Crippen molar-refractivity contribution in [3.8, 4) is 0 Å². The van der Waals surface area contributed by atoms with Gasteiger partial charge in [0.05, 0.1) is 30.2 Å². The lowest BCUT2D eigenvalue weighted by Gasteiger charge is -2.24. The summed E-state index contributed by atoms with van der Waals surface area (Å²) >= 11 is 0. The van der Waals surface area contributed by atoms with Crippen LogP contribution in [0.4, 0.5) is 0 Å². The monoisotopic (exact) mass is 913 g/mol. The highest BCUT2D eigenvalue weighted by Gasteiger charge is 2.27. The van der Waals surface area contributed by atoms with Crippen LogP contribution in [-0.4, -0.2) is 129 Å². The lowest BCUT2D eigenvalue weighted by atomic mass is 10.0. The van der Waals surface area contributed by atoms with Crippen LogP contribution in [0.1, 0.15) is 142 Å². The standard InChI is InChI=1S/C43H88N14O7/c1-30(58)35(55-43(64)37(57-41(62)34(51)19-5-12-26-47)22-8-15-28-53-39(60)32(49)17-3-10-24-45)20-6-13-29-54-42(63)36(56-40(61)33(50)18-4-11-25-46)21-7-14-27-52-38(59)31(48)16-2-9-23-44/h31-37H,2-29,44-51H2,1H3,(H,52,59)(H,53,60)(H,54,63)(H,55,64)(H,56,61)(H,57,62). The van der Waals surface area contributed by atoms with Gasteiger partial charge < -0.3 is 77.8 Å². The molecule has 6 amide bonds. The van der Waals surface area contributed by atoms with Crippen LogP contribution in [0.5, 0.6) is 0 Å². The van der Waals surface area contributed by atoms with Crippen LogP contribution in [0, 0.1) is 0 Å². The van der Waals surface area contributed by atoms with Gasteiger partial charge in [0.15, 0.2) is 5.78 Å². The summed E-state index contributed by atoms with van der Waals surface area (Å²) in [5.74, 6) is -2.66. The molecule has 0 spiro atoms. The zero-order valence-electron chi connectivity index (χ0n) is 38.8. The molecule has 372 valence electrons. The second kappa shape index (κ2) is 38.4. The average molecular weight is 913 g/mol. The topological polar surface area (TPSA) is 400 Å². The maximum absolute atomic E-state index is 13.6. The van der Waals surface area contributed by atoms with E-state index in [0.717, 1.165) is 32.1 Å². The van der Waals surface area contributed by atoms with Crippen LogP contribution in [0.3, 0.4) is 0 Å². The van der Waals surface area contributed by atoms with Crippen molar-refractivity contribution in [2.24, 2.45) is 45.9 Å². The second-order valence-electron chi connectivity index (χ2n) is 16.7. The van der Waals surface area contributed by atoms with Gasteiger partial charge in [0, 0.05) is 19.6 Å². The van der Waals surface area contributed by atoms with Gasteiger partial charge in [-0.15, -0.1) is 0 Å². The molecule has 0 bridgehead atoms. The number of unbranched alkanes of at least 4 members (excludes halogenated alkanes) is 7. The number of hydrogen-bond acceptors (Lipinski definition) is 15. The Morgan fingerprint density at radius 1 is 0.328 bits per heavy atom. The molecule has 0 saturated heterocycles. The fourth-order valence-corrected chi connectivity index (χ4v) is 6.74. The van der Waals surface area contributed by atoms with E-state index in [9.17, 15) is 33.6 Å². The smallest absolute Gasteiger partial charge is 0.243 e. The van der Waals surface area contributed by atoms with Gasteiger partial charge >= 0.3 is 0 Å². The van der Waals surface area contributed by atoms with E-state index in [-0.39, 0.29) is 37.0 Å². The zero-order chi connectivity index (χ0) is 48.1. The Morgan fingerprint density at radius 2 is 0.594 bits per heavy atom. The number of rotatable bonds is 41. The first kappa shape index (κ1) is 60.2. The van der Waals surface area contributed by atoms with Gasteiger partial charge in [-0.2, -0.15) is 0 Å². The van der Waals surface area contributed by atoms with Crippen LogP contribution >= 0.6 is 0 Å². The summed E-state index contributed by atoms with van der Waals surface area (Å²) in [5, 5.41) is 16.8. The molecule has 0 aliphatic heterocycles. The fraction of sp³-hybridized carbons (Fsp3) is 0.837. The molecule has 0 aromatic rings. The summed E-state index contributed by atoms with van der Waals surface area (Å²) in [6, 6.07) is -5.61. The number of amides is 6. The molecular weight excluding hydrogens is 825 g/mol. The predicted molar refractivity (Wildman–Crippen MR) is 251 cm³/mol. The van der Waals surface area contributed by atoms with Crippen molar-refractivity contribution in [1.29, 1.82) is 0 Å². The fourth-order valence-electron chi connectivity index (χ4n) is 6.74. The molecule has 0 aromatic heterocycles. The Labute approximate surface area is 381 Å². The number of carbonyl (C=O) groups excluding carboxylic acids is 7. The number of ketones is 1. The van der Waals surface area contributed by atoms with E-state index < -0.39 is 65.9 Å². The van der Waals surface area contributed by atoms with Gasteiger partial charge in [0.1, 0.15) is 12.1 Å². The molecule has 64 heavy (non-hydrogen) atoms. The molecule has 0 aromatic carbocycles. The van der Waals surface area contributed by atoms with Crippen molar-refractivity contribution >= 4 is 41.2 Å². The summed E-state index contributed by atoms with van der Waals surface area (Å²) in [4.78, 5) is 90.3. The molecule has 0 saturated carbocycles. The third kappa shape index (κ3) is 29.6. The zero-order valence-corrected chi connectivity index (χ0v) is 38.8. The quantitative estimate of drug-likeness (QED) is 0.0287. The summed E-state index contributed by atoms with van der Waals surface area (Å²) < 4.78 is 0. The molecule has 7 atom stereocenters. The largest absolute Gasteiger partial charge is 0.355 e. The summed E-state index contributed by atoms with van der Waals surface area (Å²) in [5.41, 5.74) is 46.3. The Morgan fingerprint density at radius 3 is 0.922 bits per heavy atom. The molecular formula is C43H88N14O7.